The predicted octanol–water partition coefficient (Wildman–Crippen LogP) is 2.06. The molecule has 0 fully saturated rings. The predicted molar refractivity (Wildman–Crippen MR) is 68.4 cm³/mol. The molecule has 0 aliphatic rings. The van der Waals surface area contributed by atoms with Gasteiger partial charge in [0.2, 0.25) is 0 Å². The van der Waals surface area contributed by atoms with Crippen molar-refractivity contribution in [3.05, 3.63) is 35.9 Å². The van der Waals surface area contributed by atoms with Crippen LogP contribution in [-0.4, -0.2) is 19.9 Å². The number of hydrogen-bond acceptors (Lipinski definition) is 5. The summed E-state index contributed by atoms with van der Waals surface area (Å²) in [7, 11) is -3.70. The smallest absolute Gasteiger partial charge is 0.267 e. The van der Waals surface area contributed by atoms with E-state index < -0.39 is 10.1 Å². The lowest BCUT2D eigenvalue weighted by Crippen LogP contribution is -2.09. The van der Waals surface area contributed by atoms with Crippen LogP contribution in [0.25, 0.3) is 0 Å². The van der Waals surface area contributed by atoms with Crippen molar-refractivity contribution in [3.63, 3.8) is 0 Å². The van der Waals surface area contributed by atoms with Crippen LogP contribution in [0.3, 0.4) is 0 Å². The molecular weight excluding hydrogens is 252 g/mol. The Kier molecular flexibility index (Phi) is 5.33. The Morgan fingerprint density at radius 2 is 2.06 bits per heavy atom. The summed E-state index contributed by atoms with van der Waals surface area (Å²) in [5.41, 5.74) is 0.460. The van der Waals surface area contributed by atoms with Gasteiger partial charge in [-0.25, -0.2) is 0 Å². The molecule has 6 heteroatoms. The third-order valence-corrected chi connectivity index (χ3v) is 3.23. The highest BCUT2D eigenvalue weighted by atomic mass is 32.2. The minimum atomic E-state index is -3.70. The summed E-state index contributed by atoms with van der Waals surface area (Å²) in [5, 5.41) is 12.3. The summed E-state index contributed by atoms with van der Waals surface area (Å²) in [6.45, 7) is 1.88. The average molecular weight is 266 g/mol. The van der Waals surface area contributed by atoms with E-state index in [4.69, 9.17) is 5.26 Å². The molecule has 0 spiro atoms. The van der Waals surface area contributed by atoms with Gasteiger partial charge in [-0.3, -0.25) is 4.28 Å². The van der Waals surface area contributed by atoms with Gasteiger partial charge < -0.3 is 0 Å². The Labute approximate surface area is 107 Å². The number of nitriles is 1. The molecule has 0 atom stereocenters. The van der Waals surface area contributed by atoms with E-state index in [-0.39, 0.29) is 11.5 Å². The van der Waals surface area contributed by atoms with Crippen molar-refractivity contribution < 1.29 is 12.7 Å². The zero-order chi connectivity index (χ0) is 13.4. The minimum Gasteiger partial charge on any atom is -0.267 e. The van der Waals surface area contributed by atoms with Gasteiger partial charge in [-0.05, 0) is 6.42 Å². The maximum Gasteiger partial charge on any atom is 0.328 e. The van der Waals surface area contributed by atoms with Crippen LogP contribution in [0.1, 0.15) is 25.3 Å². The van der Waals surface area contributed by atoms with Crippen LogP contribution in [0, 0.1) is 11.3 Å². The van der Waals surface area contributed by atoms with Gasteiger partial charge in [0.25, 0.3) is 0 Å². The van der Waals surface area contributed by atoms with Crippen molar-refractivity contribution >= 4 is 15.8 Å². The molecule has 0 saturated heterocycles. The van der Waals surface area contributed by atoms with Crippen molar-refractivity contribution in [3.8, 4) is 6.07 Å². The summed E-state index contributed by atoms with van der Waals surface area (Å²) in [6, 6.07) is 10.4. The zero-order valence-electron chi connectivity index (χ0n) is 10.0. The van der Waals surface area contributed by atoms with Crippen LogP contribution in [0.2, 0.25) is 0 Å². The number of unbranched alkanes of at least 4 members (excludes halogenated alkanes) is 1. The first kappa shape index (κ1) is 14.2. The largest absolute Gasteiger partial charge is 0.328 e. The zero-order valence-corrected chi connectivity index (χ0v) is 10.9. The second kappa shape index (κ2) is 6.77. The van der Waals surface area contributed by atoms with Crippen LogP contribution in [0.5, 0.6) is 0 Å². The van der Waals surface area contributed by atoms with Crippen LogP contribution in [0.4, 0.5) is 0 Å². The lowest BCUT2D eigenvalue weighted by Gasteiger charge is -2.01. The van der Waals surface area contributed by atoms with Crippen LogP contribution in [0.15, 0.2) is 35.5 Å². The standard InChI is InChI=1S/C12H14N2O3S/c1-2-3-9-18(15,16)17-14-12(10-13)11-7-5-4-6-8-11/h4-8H,2-3,9H2,1H3. The third-order valence-electron chi connectivity index (χ3n) is 2.14. The Morgan fingerprint density at radius 1 is 1.39 bits per heavy atom. The van der Waals surface area contributed by atoms with Gasteiger partial charge in [-0.1, -0.05) is 48.8 Å². The van der Waals surface area contributed by atoms with E-state index in [1.165, 1.54) is 0 Å². The van der Waals surface area contributed by atoms with Crippen molar-refractivity contribution in [1.82, 2.24) is 0 Å². The van der Waals surface area contributed by atoms with Crippen molar-refractivity contribution in [2.24, 2.45) is 5.16 Å². The first-order valence-corrected chi connectivity index (χ1v) is 7.11. The molecule has 0 aromatic heterocycles. The molecule has 0 saturated carbocycles. The summed E-state index contributed by atoms with van der Waals surface area (Å²) in [5.74, 6) is -0.0967. The highest BCUT2D eigenvalue weighted by molar-refractivity contribution is 7.86. The first-order valence-electron chi connectivity index (χ1n) is 5.54. The van der Waals surface area contributed by atoms with E-state index in [0.717, 1.165) is 6.42 Å². The van der Waals surface area contributed by atoms with Crippen LogP contribution >= 0.6 is 0 Å². The minimum absolute atomic E-state index is 0.0596. The molecule has 0 aliphatic carbocycles. The van der Waals surface area contributed by atoms with Gasteiger partial charge in [0.1, 0.15) is 6.07 Å². The monoisotopic (exact) mass is 266 g/mol. The van der Waals surface area contributed by atoms with Crippen molar-refractivity contribution in [2.45, 2.75) is 19.8 Å². The highest BCUT2D eigenvalue weighted by Crippen LogP contribution is 2.04. The van der Waals surface area contributed by atoms with Gasteiger partial charge in [0.15, 0.2) is 5.71 Å². The maximum absolute atomic E-state index is 11.4. The normalized spacial score (nSPS) is 11.9. The Bertz CT molecular complexity index is 544. The fraction of sp³-hybridized carbons (Fsp3) is 0.333. The fourth-order valence-electron chi connectivity index (χ4n) is 1.19. The van der Waals surface area contributed by atoms with Gasteiger partial charge >= 0.3 is 10.1 Å². The van der Waals surface area contributed by atoms with E-state index in [2.05, 4.69) is 9.44 Å². The average Bonchev–Trinajstić information content (AvgIpc) is 2.38. The van der Waals surface area contributed by atoms with E-state index in [9.17, 15) is 8.42 Å². The van der Waals surface area contributed by atoms with Gasteiger partial charge in [0, 0.05) is 5.56 Å². The van der Waals surface area contributed by atoms with E-state index in [1.54, 1.807) is 30.3 Å². The molecule has 0 aliphatic heterocycles. The number of hydrogen-bond donors (Lipinski definition) is 0. The second-order valence-electron chi connectivity index (χ2n) is 3.61. The van der Waals surface area contributed by atoms with Gasteiger partial charge in [-0.2, -0.15) is 13.7 Å². The molecule has 1 aromatic rings. The van der Waals surface area contributed by atoms with Crippen molar-refractivity contribution in [1.29, 1.82) is 5.26 Å². The molecule has 0 N–H and O–H groups in total. The molecule has 18 heavy (non-hydrogen) atoms. The molecule has 0 heterocycles. The maximum atomic E-state index is 11.4. The molecule has 0 bridgehead atoms. The van der Waals surface area contributed by atoms with Crippen LogP contribution < -0.4 is 0 Å². The molecule has 0 unspecified atom stereocenters. The fourth-order valence-corrected chi connectivity index (χ4v) is 2.09. The van der Waals surface area contributed by atoms with Gasteiger partial charge in [0.05, 0.1) is 5.75 Å². The molecule has 96 valence electrons. The molecule has 0 radical (unpaired) electrons. The summed E-state index contributed by atoms with van der Waals surface area (Å²) in [6.07, 6.45) is 1.25. The molecule has 1 rings (SSSR count). The Morgan fingerprint density at radius 3 is 2.61 bits per heavy atom. The lowest BCUT2D eigenvalue weighted by molar-refractivity contribution is 0.339. The Balaban J connectivity index is 2.80. The van der Waals surface area contributed by atoms with Crippen LogP contribution in [-0.2, 0) is 14.4 Å². The summed E-state index contributed by atoms with van der Waals surface area (Å²) >= 11 is 0. The number of oxime groups is 1. The van der Waals surface area contributed by atoms with Gasteiger partial charge in [-0.15, -0.1) is 0 Å². The van der Waals surface area contributed by atoms with E-state index in [1.807, 2.05) is 13.0 Å². The molecule has 5 nitrogen and oxygen atoms in total. The van der Waals surface area contributed by atoms with E-state index >= 15 is 0 Å². The number of rotatable bonds is 6. The lowest BCUT2D eigenvalue weighted by atomic mass is 10.1. The first-order chi connectivity index (χ1) is 8.59. The summed E-state index contributed by atoms with van der Waals surface area (Å²) < 4.78 is 27.3. The van der Waals surface area contributed by atoms with E-state index in [0.29, 0.717) is 12.0 Å². The SMILES string of the molecule is CCCCS(=O)(=O)ON=C(C#N)c1ccccc1. The topological polar surface area (TPSA) is 79.5 Å². The quantitative estimate of drug-likeness (QED) is 0.583. The Hall–Kier alpha value is -1.87. The molecule has 1 aromatic carbocycles. The third kappa shape index (κ3) is 4.55. The highest BCUT2D eigenvalue weighted by Gasteiger charge is 2.11. The summed E-state index contributed by atoms with van der Waals surface area (Å²) in [4.78, 5) is 0. The number of nitrogens with zero attached hydrogens (tertiary/aromatic N) is 2. The molecule has 0 amide bonds. The van der Waals surface area contributed by atoms with Crippen molar-refractivity contribution in [2.75, 3.05) is 5.75 Å². The molecular formula is C12H14N2O3S. The second-order valence-corrected chi connectivity index (χ2v) is 5.28. The number of benzene rings is 1.